The van der Waals surface area contributed by atoms with Crippen molar-refractivity contribution in [3.05, 3.63) is 123 Å². The fourth-order valence-corrected chi connectivity index (χ4v) is 17.2. The molecular weight excluding hydrogens is 1530 g/mol. The number of rotatable bonds is 42. The normalized spacial score (nSPS) is 19.9. The number of hydrogen-bond acceptors (Lipinski definition) is 25. The van der Waals surface area contributed by atoms with Gasteiger partial charge in [-0.15, -0.1) is 13.2 Å². The zero-order valence-corrected chi connectivity index (χ0v) is 67.4. The maximum atomic E-state index is 14.1. The van der Waals surface area contributed by atoms with Gasteiger partial charge in [0.05, 0.1) is 29.6 Å². The molecule has 111 heavy (non-hydrogen) atoms. The van der Waals surface area contributed by atoms with Gasteiger partial charge >= 0.3 is 44.5 Å². The molecule has 2 heterocycles. The molecule has 616 valence electrons. The molecule has 0 spiro atoms. The Hall–Kier alpha value is -8.77. The predicted molar refractivity (Wildman–Crippen MR) is 408 cm³/mol. The summed E-state index contributed by atoms with van der Waals surface area (Å²) in [5.41, 5.74) is 3.73. The number of nitrogens with one attached hydrogen (secondary N) is 5. The van der Waals surface area contributed by atoms with Gasteiger partial charge in [-0.05, 0) is 109 Å². The highest BCUT2D eigenvalue weighted by molar-refractivity contribution is 7.90. The van der Waals surface area contributed by atoms with Gasteiger partial charge in [-0.1, -0.05) is 107 Å². The summed E-state index contributed by atoms with van der Waals surface area (Å²) in [6.07, 6.45) is 8.32. The summed E-state index contributed by atoms with van der Waals surface area (Å²) >= 11 is 0. The Morgan fingerprint density at radius 2 is 1.08 bits per heavy atom. The lowest BCUT2D eigenvalue weighted by atomic mass is 10.1. The number of hydrogen-bond donors (Lipinski definition) is 6. The Labute approximate surface area is 649 Å². The van der Waals surface area contributed by atoms with E-state index < -0.39 is 160 Å². The van der Waals surface area contributed by atoms with Crippen molar-refractivity contribution in [2.75, 3.05) is 65.9 Å². The molecule has 4 aliphatic rings. The number of esters is 2. The monoisotopic (exact) mass is 1640 g/mol. The summed E-state index contributed by atoms with van der Waals surface area (Å²) < 4.78 is 136. The molecular formula is C71H105N13O23S4. The van der Waals surface area contributed by atoms with Crippen LogP contribution < -0.4 is 34.8 Å². The first kappa shape index (κ1) is 91.1. The van der Waals surface area contributed by atoms with Crippen LogP contribution in [-0.2, 0) is 96.5 Å². The first-order chi connectivity index (χ1) is 52.0. The van der Waals surface area contributed by atoms with Gasteiger partial charge in [-0.3, -0.25) is 54.0 Å². The fourth-order valence-electron chi connectivity index (χ4n) is 12.6. The van der Waals surface area contributed by atoms with Crippen molar-refractivity contribution in [2.24, 2.45) is 17.6 Å². The standard InChI is InChI=1S/C46H66N8O14S2.C25H39N5O9S2/c1-9-33-27-46(33,47-40(55)38-26-35(30-53(38)44(59)68-45(3,4)5)67-43(58)52-28-31-22-23-34(50(6)7)25-32(31)29-52)42(57)49-70(64,65)51(8)24-18-14-12-11-13-15-19-36(41(56)66-10-2)48-69(62,63)39-21-17-16-20-37(39)54(60)61;1-4-19-18-25(19,26)24(32)28-41(37,38)29(3)17-13-9-7-6-8-10-14-20(23(31)39-5-2)27-40(35,36)22-16-12-11-15-21(22)30(33)34/h9,16-17,20-23,25,33,35-36,38,48H,1,10-15,18-19,24,26-30H2,2-8H3,(H,47,55)(H,49,57);4,11-12,15-16,19-20,27H,1,5-10,13-14,17-18,26H2,2-3H3,(H,28,32)/t33-,35-,36+,38+,46-;19-,20+,25-/m11/s1. The molecule has 7 N–H and O–H groups in total. The number of nitrogens with zero attached hydrogens (tertiary/aromatic N) is 7. The number of sulfonamides is 2. The lowest BCUT2D eigenvalue weighted by Crippen LogP contribution is -2.57. The second-order valence-corrected chi connectivity index (χ2v) is 35.7. The van der Waals surface area contributed by atoms with Crippen molar-refractivity contribution in [2.45, 2.75) is 208 Å². The average molecular weight is 1640 g/mol. The maximum Gasteiger partial charge on any atom is 0.411 e. The Morgan fingerprint density at radius 1 is 0.631 bits per heavy atom. The molecule has 0 aromatic heterocycles. The number of likely N-dealkylation sites (tertiary alicyclic amines) is 1. The van der Waals surface area contributed by atoms with Gasteiger partial charge in [0, 0.05) is 90.4 Å². The molecule has 40 heteroatoms. The smallest absolute Gasteiger partial charge is 0.411 e. The number of nitro groups is 2. The summed E-state index contributed by atoms with van der Waals surface area (Å²) in [7, 11) is -10.7. The van der Waals surface area contributed by atoms with Crippen LogP contribution in [0.15, 0.2) is 102 Å². The van der Waals surface area contributed by atoms with Crippen LogP contribution in [0, 0.1) is 32.1 Å². The molecule has 2 aliphatic heterocycles. The minimum absolute atomic E-state index is 0.00373. The molecule has 36 nitrogen and oxygen atoms in total. The van der Waals surface area contributed by atoms with Gasteiger partial charge in [0.1, 0.15) is 40.9 Å². The molecule has 3 aromatic carbocycles. The zero-order chi connectivity index (χ0) is 82.6. The summed E-state index contributed by atoms with van der Waals surface area (Å²) in [5, 5.41) is 25.4. The van der Waals surface area contributed by atoms with Crippen LogP contribution in [0.2, 0.25) is 0 Å². The third-order valence-corrected chi connectivity index (χ3v) is 25.0. The molecule has 5 amide bonds. The fraction of sp³-hybridized carbons (Fsp3) is 0.592. The number of para-hydroxylation sites is 2. The van der Waals surface area contributed by atoms with Crippen LogP contribution in [0.25, 0.3) is 0 Å². The number of ether oxygens (including phenoxy) is 4. The van der Waals surface area contributed by atoms with Crippen molar-refractivity contribution >= 4 is 99.4 Å². The van der Waals surface area contributed by atoms with Crippen LogP contribution in [0.3, 0.4) is 0 Å². The van der Waals surface area contributed by atoms with Crippen LogP contribution in [0.1, 0.15) is 155 Å². The SMILES string of the molecule is C=C[C@@H]1C[C@]1(N)C(=O)NS(=O)(=O)N(C)CCCCCCCC[C@H](NS(=O)(=O)c1ccccc1[N+](=O)[O-])C(=O)OCC.C=C[C@@H]1C[C@]1(NC(=O)[C@@H]1C[C@@H](OC(=O)N2Cc3ccc(N(C)C)cc3C2)CN1C(=O)OC(C)(C)C)C(=O)NS(=O)(=O)N(C)CCCCCCCC[C@H](NS(=O)(=O)c1ccccc1[N+](=O)[O-])C(=O)OCC. The summed E-state index contributed by atoms with van der Waals surface area (Å²) in [6, 6.07) is 11.9. The minimum atomic E-state index is -4.45. The van der Waals surface area contributed by atoms with Gasteiger partial charge in [0.2, 0.25) is 26.0 Å². The van der Waals surface area contributed by atoms with Gasteiger partial charge in [-0.25, -0.2) is 35.9 Å². The minimum Gasteiger partial charge on any atom is -0.465 e. The molecule has 2 aliphatic carbocycles. The van der Waals surface area contributed by atoms with E-state index in [1.165, 1.54) is 55.4 Å². The van der Waals surface area contributed by atoms with E-state index in [0.29, 0.717) is 83.7 Å². The second-order valence-electron chi connectivity index (χ2n) is 28.8. The number of nitro benzene ring substituents is 2. The predicted octanol–water partition coefficient (Wildman–Crippen LogP) is 6.22. The Bertz CT molecular complexity index is 4360. The van der Waals surface area contributed by atoms with E-state index in [-0.39, 0.29) is 64.4 Å². The molecule has 0 bridgehead atoms. The van der Waals surface area contributed by atoms with Crippen molar-refractivity contribution < 1.29 is 96.0 Å². The summed E-state index contributed by atoms with van der Waals surface area (Å²) in [4.78, 5) is 117. The number of carbonyl (C=O) groups excluding carboxylic acids is 7. The number of unbranched alkanes of at least 4 members (excludes halogenated alkanes) is 10. The van der Waals surface area contributed by atoms with E-state index in [1.54, 1.807) is 34.6 Å². The Balaban J connectivity index is 0.000000399. The zero-order valence-electron chi connectivity index (χ0n) is 64.1. The lowest BCUT2D eigenvalue weighted by molar-refractivity contribution is -0.388. The number of nitrogens with two attached hydrogens (primary N) is 1. The summed E-state index contributed by atoms with van der Waals surface area (Å²) in [6.45, 7) is 16.2. The molecule has 3 aromatic rings. The van der Waals surface area contributed by atoms with Crippen molar-refractivity contribution in [3.63, 3.8) is 0 Å². The van der Waals surface area contributed by atoms with Crippen molar-refractivity contribution in [3.8, 4) is 0 Å². The van der Waals surface area contributed by atoms with Gasteiger partial charge in [0.15, 0.2) is 9.79 Å². The number of amides is 5. The van der Waals surface area contributed by atoms with Gasteiger partial charge in [-0.2, -0.15) is 34.9 Å². The number of fused-ring (bicyclic) bond motifs is 1. The van der Waals surface area contributed by atoms with E-state index in [0.717, 1.165) is 67.4 Å². The van der Waals surface area contributed by atoms with Crippen LogP contribution in [0.4, 0.5) is 26.7 Å². The van der Waals surface area contributed by atoms with Crippen LogP contribution >= 0.6 is 0 Å². The number of anilines is 1. The molecule has 0 radical (unpaired) electrons. The maximum absolute atomic E-state index is 14.1. The molecule has 2 saturated carbocycles. The first-order valence-electron chi connectivity index (χ1n) is 36.5. The van der Waals surface area contributed by atoms with E-state index in [4.69, 9.17) is 24.7 Å². The first-order valence-corrected chi connectivity index (χ1v) is 42.4. The van der Waals surface area contributed by atoms with Gasteiger partial charge < -0.3 is 34.9 Å². The average Bonchev–Trinajstić information content (AvgIpc) is 1.58. The number of carbonyl (C=O) groups is 7. The molecule has 7 rings (SSSR count). The van der Waals surface area contributed by atoms with Crippen LogP contribution in [0.5, 0.6) is 0 Å². The van der Waals surface area contributed by atoms with Crippen molar-refractivity contribution in [1.82, 2.24) is 42.6 Å². The van der Waals surface area contributed by atoms with E-state index in [1.807, 2.05) is 41.9 Å². The highest BCUT2D eigenvalue weighted by atomic mass is 32.2. The molecule has 3 fully saturated rings. The largest absolute Gasteiger partial charge is 0.465 e. The highest BCUT2D eigenvalue weighted by Gasteiger charge is 2.62. The molecule has 8 atom stereocenters. The highest BCUT2D eigenvalue weighted by Crippen LogP contribution is 2.46. The van der Waals surface area contributed by atoms with E-state index in [9.17, 15) is 87.5 Å². The molecule has 0 unspecified atom stereocenters. The number of benzene rings is 3. The lowest BCUT2D eigenvalue weighted by Gasteiger charge is -2.29. The van der Waals surface area contributed by atoms with E-state index in [2.05, 4.69) is 32.6 Å². The van der Waals surface area contributed by atoms with Crippen molar-refractivity contribution in [1.29, 1.82) is 0 Å². The Morgan fingerprint density at radius 3 is 1.51 bits per heavy atom. The summed E-state index contributed by atoms with van der Waals surface area (Å²) in [5.74, 6) is -4.97. The second kappa shape index (κ2) is 39.6. The topological polar surface area (TPSA) is 482 Å². The van der Waals surface area contributed by atoms with Gasteiger partial charge in [0.25, 0.3) is 23.2 Å². The van der Waals surface area contributed by atoms with Crippen LogP contribution in [-0.4, -0.2) is 206 Å². The van der Waals surface area contributed by atoms with E-state index >= 15 is 0 Å². The third-order valence-electron chi connectivity index (χ3n) is 19.1. The Kier molecular flexibility index (Phi) is 32.5. The quantitative estimate of drug-likeness (QED) is 0.00915. The molecule has 1 saturated heterocycles. The third kappa shape index (κ3) is 25.4.